The predicted molar refractivity (Wildman–Crippen MR) is 113 cm³/mol. The van der Waals surface area contributed by atoms with Crippen molar-refractivity contribution in [2.45, 2.75) is 33.7 Å². The molecule has 1 N–H and O–H groups in total. The van der Waals surface area contributed by atoms with Gasteiger partial charge >= 0.3 is 0 Å². The molecule has 1 saturated heterocycles. The molecular weight excluding hydrogens is 336 g/mol. The smallest absolute Gasteiger partial charge is 0.194 e. The van der Waals surface area contributed by atoms with Gasteiger partial charge in [0.25, 0.3) is 0 Å². The molecule has 6 heteroatoms. The summed E-state index contributed by atoms with van der Waals surface area (Å²) in [6.07, 6.45) is 4.82. The molecule has 0 bridgehead atoms. The van der Waals surface area contributed by atoms with Crippen LogP contribution in [0.25, 0.3) is 0 Å². The van der Waals surface area contributed by atoms with Gasteiger partial charge in [-0.3, -0.25) is 9.67 Å². The van der Waals surface area contributed by atoms with Crippen molar-refractivity contribution in [3.05, 3.63) is 47.8 Å². The van der Waals surface area contributed by atoms with Crippen LogP contribution in [0.1, 0.15) is 24.5 Å². The van der Waals surface area contributed by atoms with Gasteiger partial charge in [0, 0.05) is 63.9 Å². The van der Waals surface area contributed by atoms with Crippen molar-refractivity contribution in [2.24, 2.45) is 4.99 Å². The van der Waals surface area contributed by atoms with Gasteiger partial charge in [-0.15, -0.1) is 0 Å². The van der Waals surface area contributed by atoms with Crippen molar-refractivity contribution >= 4 is 11.6 Å². The molecule has 0 spiro atoms. The first-order valence-electron chi connectivity index (χ1n) is 10.0. The monoisotopic (exact) mass is 368 g/mol. The Hall–Kier alpha value is -2.50. The minimum absolute atomic E-state index is 0.819. The first kappa shape index (κ1) is 19.3. The lowest BCUT2D eigenvalue weighted by Crippen LogP contribution is -2.52. The van der Waals surface area contributed by atoms with E-state index in [2.05, 4.69) is 59.2 Å². The van der Waals surface area contributed by atoms with Crippen molar-refractivity contribution in [1.29, 1.82) is 0 Å². The zero-order chi connectivity index (χ0) is 19.1. The Labute approximate surface area is 162 Å². The molecule has 0 saturated carbocycles. The predicted octanol–water partition coefficient (Wildman–Crippen LogP) is 2.68. The summed E-state index contributed by atoms with van der Waals surface area (Å²) >= 11 is 0. The van der Waals surface area contributed by atoms with Crippen LogP contribution in [0.15, 0.2) is 41.7 Å². The number of aliphatic imine (C=N–C) groups is 1. The van der Waals surface area contributed by atoms with E-state index in [1.807, 2.05) is 23.1 Å². The first-order valence-corrected chi connectivity index (χ1v) is 10.0. The second kappa shape index (κ2) is 9.44. The molecule has 0 unspecified atom stereocenters. The standard InChI is InChI=1S/C21H32N6/c1-4-22-21(23-10-6-12-27-13-7-11-24-27)26-16-14-25(15-17-26)20-9-5-8-18(2)19(20)3/h5,7-9,11,13H,4,6,10,12,14-17H2,1-3H3,(H,22,23). The van der Waals surface area contributed by atoms with Crippen molar-refractivity contribution in [3.63, 3.8) is 0 Å². The van der Waals surface area contributed by atoms with E-state index in [1.54, 1.807) is 0 Å². The molecule has 1 aliphatic rings. The summed E-state index contributed by atoms with van der Waals surface area (Å²) in [5.41, 5.74) is 4.13. The summed E-state index contributed by atoms with van der Waals surface area (Å²) in [4.78, 5) is 9.73. The van der Waals surface area contributed by atoms with E-state index in [9.17, 15) is 0 Å². The molecule has 0 amide bonds. The normalized spacial score (nSPS) is 15.3. The Morgan fingerprint density at radius 3 is 2.67 bits per heavy atom. The minimum Gasteiger partial charge on any atom is -0.368 e. The van der Waals surface area contributed by atoms with Gasteiger partial charge in [-0.2, -0.15) is 5.10 Å². The van der Waals surface area contributed by atoms with Crippen LogP contribution in [-0.2, 0) is 6.54 Å². The number of hydrogen-bond donors (Lipinski definition) is 1. The molecule has 3 rings (SSSR count). The second-order valence-corrected chi connectivity index (χ2v) is 7.05. The molecule has 6 nitrogen and oxygen atoms in total. The fourth-order valence-corrected chi connectivity index (χ4v) is 3.51. The Morgan fingerprint density at radius 1 is 1.15 bits per heavy atom. The molecule has 27 heavy (non-hydrogen) atoms. The van der Waals surface area contributed by atoms with Crippen LogP contribution in [-0.4, -0.2) is 59.9 Å². The number of aromatic nitrogens is 2. The van der Waals surface area contributed by atoms with Gasteiger partial charge in [0.1, 0.15) is 0 Å². The molecule has 0 atom stereocenters. The quantitative estimate of drug-likeness (QED) is 0.484. The summed E-state index contributed by atoms with van der Waals surface area (Å²) in [5.74, 6) is 1.04. The molecule has 1 aliphatic heterocycles. The average molecular weight is 369 g/mol. The van der Waals surface area contributed by atoms with E-state index in [0.29, 0.717) is 0 Å². The van der Waals surface area contributed by atoms with Gasteiger partial charge in [0.15, 0.2) is 5.96 Å². The van der Waals surface area contributed by atoms with Gasteiger partial charge in [-0.1, -0.05) is 12.1 Å². The van der Waals surface area contributed by atoms with E-state index >= 15 is 0 Å². The molecular formula is C21H32N6. The topological polar surface area (TPSA) is 48.7 Å². The molecule has 1 aromatic carbocycles. The number of aryl methyl sites for hydroxylation is 2. The molecule has 0 aliphatic carbocycles. The molecule has 1 aromatic heterocycles. The molecule has 2 aromatic rings. The number of nitrogens with one attached hydrogen (secondary N) is 1. The third-order valence-electron chi connectivity index (χ3n) is 5.20. The SMILES string of the molecule is CCNC(=NCCCn1cccn1)N1CCN(c2cccc(C)c2C)CC1. The van der Waals surface area contributed by atoms with Crippen molar-refractivity contribution in [3.8, 4) is 0 Å². The number of guanidine groups is 1. The maximum Gasteiger partial charge on any atom is 0.194 e. The first-order chi connectivity index (χ1) is 13.2. The van der Waals surface area contributed by atoms with E-state index in [4.69, 9.17) is 4.99 Å². The van der Waals surface area contributed by atoms with Crippen LogP contribution in [0.4, 0.5) is 5.69 Å². The van der Waals surface area contributed by atoms with Crippen molar-refractivity contribution < 1.29 is 0 Å². The van der Waals surface area contributed by atoms with Crippen LogP contribution in [0.2, 0.25) is 0 Å². The highest BCUT2D eigenvalue weighted by atomic mass is 15.3. The Kier molecular flexibility index (Phi) is 6.74. The fourth-order valence-electron chi connectivity index (χ4n) is 3.51. The van der Waals surface area contributed by atoms with E-state index in [-0.39, 0.29) is 0 Å². The highest BCUT2D eigenvalue weighted by Gasteiger charge is 2.20. The van der Waals surface area contributed by atoms with E-state index < -0.39 is 0 Å². The number of rotatable bonds is 6. The largest absolute Gasteiger partial charge is 0.368 e. The highest BCUT2D eigenvalue weighted by molar-refractivity contribution is 5.80. The molecule has 2 heterocycles. The van der Waals surface area contributed by atoms with Gasteiger partial charge < -0.3 is 15.1 Å². The third-order valence-corrected chi connectivity index (χ3v) is 5.20. The van der Waals surface area contributed by atoms with Crippen molar-refractivity contribution in [1.82, 2.24) is 20.0 Å². The third kappa shape index (κ3) is 5.02. The van der Waals surface area contributed by atoms with E-state index in [1.165, 1.54) is 16.8 Å². The summed E-state index contributed by atoms with van der Waals surface area (Å²) in [6, 6.07) is 8.55. The zero-order valence-corrected chi connectivity index (χ0v) is 16.9. The summed E-state index contributed by atoms with van der Waals surface area (Å²) < 4.78 is 1.96. The maximum absolute atomic E-state index is 4.84. The highest BCUT2D eigenvalue weighted by Crippen LogP contribution is 2.23. The molecule has 0 radical (unpaired) electrons. The zero-order valence-electron chi connectivity index (χ0n) is 16.9. The van der Waals surface area contributed by atoms with Gasteiger partial charge in [0.05, 0.1) is 0 Å². The number of anilines is 1. The van der Waals surface area contributed by atoms with Gasteiger partial charge in [-0.25, -0.2) is 0 Å². The Bertz CT molecular complexity index is 729. The number of piperazine rings is 1. The number of hydrogen-bond acceptors (Lipinski definition) is 3. The molecule has 1 fully saturated rings. The Morgan fingerprint density at radius 2 is 1.96 bits per heavy atom. The van der Waals surface area contributed by atoms with Gasteiger partial charge in [-0.05, 0) is 50.5 Å². The van der Waals surface area contributed by atoms with E-state index in [0.717, 1.165) is 58.2 Å². The van der Waals surface area contributed by atoms with Gasteiger partial charge in [0.2, 0.25) is 0 Å². The summed E-state index contributed by atoms with van der Waals surface area (Å²) in [5, 5.41) is 7.70. The summed E-state index contributed by atoms with van der Waals surface area (Å²) in [6.45, 7) is 13.2. The average Bonchev–Trinajstić information content (AvgIpc) is 3.20. The Balaban J connectivity index is 1.54. The van der Waals surface area contributed by atoms with Crippen LogP contribution in [0, 0.1) is 13.8 Å². The number of benzene rings is 1. The van der Waals surface area contributed by atoms with Crippen molar-refractivity contribution in [2.75, 3.05) is 44.2 Å². The summed E-state index contributed by atoms with van der Waals surface area (Å²) in [7, 11) is 0. The maximum atomic E-state index is 4.84. The molecule has 146 valence electrons. The lowest BCUT2D eigenvalue weighted by atomic mass is 10.1. The van der Waals surface area contributed by atoms with Crippen LogP contribution in [0.3, 0.4) is 0 Å². The second-order valence-electron chi connectivity index (χ2n) is 7.05. The van der Waals surface area contributed by atoms with Crippen LogP contribution in [0.5, 0.6) is 0 Å². The lowest BCUT2D eigenvalue weighted by Gasteiger charge is -2.38. The minimum atomic E-state index is 0.819. The lowest BCUT2D eigenvalue weighted by molar-refractivity contribution is 0.372. The number of nitrogens with zero attached hydrogens (tertiary/aromatic N) is 5. The fraction of sp³-hybridized carbons (Fsp3) is 0.524. The van der Waals surface area contributed by atoms with Crippen LogP contribution < -0.4 is 10.2 Å². The van der Waals surface area contributed by atoms with Crippen LogP contribution >= 0.6 is 0 Å².